The van der Waals surface area contributed by atoms with Gasteiger partial charge in [-0.3, -0.25) is 0 Å². The van der Waals surface area contributed by atoms with E-state index in [9.17, 15) is 5.11 Å². The molecule has 0 heterocycles. The fraction of sp³-hybridized carbons (Fsp3) is 0.400. The van der Waals surface area contributed by atoms with E-state index in [1.54, 1.807) is 0 Å². The second-order valence-corrected chi connectivity index (χ2v) is 4.36. The molecule has 0 spiro atoms. The van der Waals surface area contributed by atoms with Gasteiger partial charge in [0, 0.05) is 10.1 Å². The molecule has 0 aliphatic heterocycles. The number of hydrogen-bond acceptors (Lipinski definition) is 3. The molecule has 3 nitrogen and oxygen atoms in total. The largest absolute Gasteiger partial charge is 0.491 e. The van der Waals surface area contributed by atoms with Crippen molar-refractivity contribution in [3.63, 3.8) is 0 Å². The van der Waals surface area contributed by atoms with Crippen molar-refractivity contribution in [2.24, 2.45) is 5.73 Å². The minimum Gasteiger partial charge on any atom is -0.491 e. The number of aliphatic hydroxyl groups is 1. The second-order valence-electron chi connectivity index (χ2n) is 3.11. The summed E-state index contributed by atoms with van der Waals surface area (Å²) in [5, 5.41) is 9.21. The lowest BCUT2D eigenvalue weighted by Crippen LogP contribution is -2.26. The van der Waals surface area contributed by atoms with Crippen LogP contribution < -0.4 is 10.5 Å². The van der Waals surface area contributed by atoms with Crippen LogP contribution in [0, 0.1) is 10.5 Å². The molecule has 1 aromatic rings. The van der Waals surface area contributed by atoms with Crippen molar-refractivity contribution in [2.75, 3.05) is 13.2 Å². The van der Waals surface area contributed by atoms with Crippen LogP contribution in [0.5, 0.6) is 5.75 Å². The van der Waals surface area contributed by atoms with Crippen LogP contribution >= 0.6 is 22.6 Å². The Morgan fingerprint density at radius 1 is 1.57 bits per heavy atom. The van der Waals surface area contributed by atoms with E-state index < -0.39 is 6.10 Å². The molecule has 0 aliphatic carbocycles. The molecule has 0 radical (unpaired) electrons. The van der Waals surface area contributed by atoms with Crippen LogP contribution in [-0.2, 0) is 0 Å². The summed E-state index contributed by atoms with van der Waals surface area (Å²) in [6.45, 7) is 2.45. The molecule has 0 saturated carbocycles. The summed E-state index contributed by atoms with van der Waals surface area (Å²) < 4.78 is 6.58. The summed E-state index contributed by atoms with van der Waals surface area (Å²) in [4.78, 5) is 0. The molecular weight excluding hydrogens is 293 g/mol. The number of nitrogens with two attached hydrogens (primary N) is 1. The second kappa shape index (κ2) is 5.53. The summed E-state index contributed by atoms with van der Waals surface area (Å²) in [5.74, 6) is 0.804. The minimum absolute atomic E-state index is 0.226. The molecule has 78 valence electrons. The summed E-state index contributed by atoms with van der Waals surface area (Å²) in [6, 6.07) is 5.91. The molecular formula is C10H14INO2. The van der Waals surface area contributed by atoms with Gasteiger partial charge in [0.25, 0.3) is 0 Å². The summed E-state index contributed by atoms with van der Waals surface area (Å²) in [7, 11) is 0. The number of benzene rings is 1. The van der Waals surface area contributed by atoms with E-state index in [1.165, 1.54) is 3.57 Å². The van der Waals surface area contributed by atoms with Gasteiger partial charge in [0.2, 0.25) is 0 Å². The third-order valence-corrected chi connectivity index (χ3v) is 2.51. The molecule has 0 aromatic heterocycles. The summed E-state index contributed by atoms with van der Waals surface area (Å²) in [6.07, 6.45) is -0.589. The average molecular weight is 307 g/mol. The van der Waals surface area contributed by atoms with Crippen LogP contribution in [-0.4, -0.2) is 24.4 Å². The van der Waals surface area contributed by atoms with Gasteiger partial charge in [-0.05, 0) is 53.3 Å². The molecule has 0 saturated heterocycles. The molecule has 1 aromatic carbocycles. The van der Waals surface area contributed by atoms with Crippen molar-refractivity contribution in [1.82, 2.24) is 0 Å². The number of hydrogen-bond donors (Lipinski definition) is 2. The van der Waals surface area contributed by atoms with Crippen LogP contribution in [0.15, 0.2) is 18.2 Å². The lowest BCUT2D eigenvalue weighted by atomic mass is 10.2. The van der Waals surface area contributed by atoms with Crippen molar-refractivity contribution < 1.29 is 9.84 Å². The zero-order valence-corrected chi connectivity index (χ0v) is 10.2. The highest BCUT2D eigenvalue weighted by atomic mass is 127. The van der Waals surface area contributed by atoms with E-state index in [1.807, 2.05) is 25.1 Å². The number of ether oxygens (including phenoxy) is 1. The molecule has 1 atom stereocenters. The normalized spacial score (nSPS) is 12.6. The maximum Gasteiger partial charge on any atom is 0.122 e. The Morgan fingerprint density at radius 3 is 2.86 bits per heavy atom. The first-order chi connectivity index (χ1) is 6.63. The fourth-order valence-electron chi connectivity index (χ4n) is 1.03. The monoisotopic (exact) mass is 307 g/mol. The lowest BCUT2D eigenvalue weighted by molar-refractivity contribution is 0.114. The van der Waals surface area contributed by atoms with Gasteiger partial charge in [-0.2, -0.15) is 0 Å². The van der Waals surface area contributed by atoms with Gasteiger partial charge < -0.3 is 15.6 Å². The Kier molecular flexibility index (Phi) is 4.64. The highest BCUT2D eigenvalue weighted by Crippen LogP contribution is 2.20. The van der Waals surface area contributed by atoms with E-state index in [-0.39, 0.29) is 13.2 Å². The molecule has 0 fully saturated rings. The molecule has 0 amide bonds. The zero-order chi connectivity index (χ0) is 10.6. The first-order valence-electron chi connectivity index (χ1n) is 4.40. The van der Waals surface area contributed by atoms with Crippen LogP contribution in [0.25, 0.3) is 0 Å². The zero-order valence-electron chi connectivity index (χ0n) is 8.03. The van der Waals surface area contributed by atoms with Gasteiger partial charge in [-0.25, -0.2) is 0 Å². The summed E-state index contributed by atoms with van der Waals surface area (Å²) in [5.41, 5.74) is 6.34. The van der Waals surface area contributed by atoms with Crippen LogP contribution in [0.2, 0.25) is 0 Å². The first-order valence-corrected chi connectivity index (χ1v) is 5.48. The number of aryl methyl sites for hydroxylation is 1. The van der Waals surface area contributed by atoms with Crippen molar-refractivity contribution >= 4 is 22.6 Å². The van der Waals surface area contributed by atoms with Crippen LogP contribution in [0.4, 0.5) is 0 Å². The quantitative estimate of drug-likeness (QED) is 0.825. The Labute approximate surface area is 97.4 Å². The highest BCUT2D eigenvalue weighted by molar-refractivity contribution is 14.1. The topological polar surface area (TPSA) is 55.5 Å². The van der Waals surface area contributed by atoms with Gasteiger partial charge >= 0.3 is 0 Å². The van der Waals surface area contributed by atoms with Gasteiger partial charge in [0.1, 0.15) is 18.5 Å². The molecule has 0 bridgehead atoms. The molecule has 14 heavy (non-hydrogen) atoms. The van der Waals surface area contributed by atoms with Crippen molar-refractivity contribution in [1.29, 1.82) is 0 Å². The predicted octanol–water partition coefficient (Wildman–Crippen LogP) is 1.30. The third-order valence-electron chi connectivity index (χ3n) is 1.84. The number of halogens is 1. The Morgan fingerprint density at radius 2 is 2.29 bits per heavy atom. The Balaban J connectivity index is 2.59. The van der Waals surface area contributed by atoms with E-state index in [2.05, 4.69) is 22.6 Å². The third kappa shape index (κ3) is 3.43. The smallest absolute Gasteiger partial charge is 0.122 e. The van der Waals surface area contributed by atoms with Gasteiger partial charge in [-0.1, -0.05) is 0 Å². The molecule has 1 unspecified atom stereocenters. The van der Waals surface area contributed by atoms with Gasteiger partial charge in [0.05, 0.1) is 0 Å². The standard InChI is InChI=1S/C10H14INO2/c1-7-4-8(11)2-3-10(7)14-6-9(13)5-12/h2-4,9,13H,5-6,12H2,1H3. The average Bonchev–Trinajstić information content (AvgIpc) is 2.16. The fourth-order valence-corrected chi connectivity index (χ4v) is 1.68. The maximum atomic E-state index is 9.21. The minimum atomic E-state index is -0.589. The number of aliphatic hydroxyl groups excluding tert-OH is 1. The van der Waals surface area contributed by atoms with Crippen molar-refractivity contribution in [2.45, 2.75) is 13.0 Å². The summed E-state index contributed by atoms with van der Waals surface area (Å²) >= 11 is 2.25. The van der Waals surface area contributed by atoms with Gasteiger partial charge in [0.15, 0.2) is 0 Å². The van der Waals surface area contributed by atoms with Crippen LogP contribution in [0.1, 0.15) is 5.56 Å². The van der Waals surface area contributed by atoms with E-state index in [0.29, 0.717) is 0 Å². The molecule has 3 N–H and O–H groups in total. The molecule has 1 rings (SSSR count). The molecule has 0 aliphatic rings. The first kappa shape index (κ1) is 11.7. The van der Waals surface area contributed by atoms with Crippen molar-refractivity contribution in [3.8, 4) is 5.75 Å². The van der Waals surface area contributed by atoms with Gasteiger partial charge in [-0.15, -0.1) is 0 Å². The van der Waals surface area contributed by atoms with Crippen LogP contribution in [0.3, 0.4) is 0 Å². The Hall–Kier alpha value is -0.330. The Bertz CT molecular complexity index is 304. The van der Waals surface area contributed by atoms with E-state index in [4.69, 9.17) is 10.5 Å². The number of rotatable bonds is 4. The molecule has 4 heteroatoms. The lowest BCUT2D eigenvalue weighted by Gasteiger charge is -2.12. The van der Waals surface area contributed by atoms with E-state index in [0.717, 1.165) is 11.3 Å². The highest BCUT2D eigenvalue weighted by Gasteiger charge is 2.04. The SMILES string of the molecule is Cc1cc(I)ccc1OCC(O)CN. The van der Waals surface area contributed by atoms with E-state index >= 15 is 0 Å². The maximum absolute atomic E-state index is 9.21. The van der Waals surface area contributed by atoms with Crippen molar-refractivity contribution in [3.05, 3.63) is 27.3 Å². The predicted molar refractivity (Wildman–Crippen MR) is 64.5 cm³/mol.